The Morgan fingerprint density at radius 3 is 2.35 bits per heavy atom. The van der Waals surface area contributed by atoms with Crippen molar-refractivity contribution in [3.63, 3.8) is 0 Å². The van der Waals surface area contributed by atoms with Crippen LogP contribution < -0.4 is 25.1 Å². The maximum absolute atomic E-state index is 13.4. The number of hydrogen-bond acceptors (Lipinski definition) is 12. The number of nitro groups is 1. The fourth-order valence-corrected chi connectivity index (χ4v) is 4.09. The molecule has 0 radical (unpaired) electrons. The van der Waals surface area contributed by atoms with Crippen LogP contribution in [-0.4, -0.2) is 59.5 Å². The van der Waals surface area contributed by atoms with Gasteiger partial charge in [-0.15, -0.1) is 12.4 Å². The highest BCUT2D eigenvalue weighted by Crippen LogP contribution is 2.40. The molecule has 0 amide bonds. The lowest BCUT2D eigenvalue weighted by molar-refractivity contribution is -0.385. The molecule has 18 heteroatoms. The zero-order valence-corrected chi connectivity index (χ0v) is 24.6. The Balaban J connectivity index is 0.00000480. The minimum absolute atomic E-state index is 0. The van der Waals surface area contributed by atoms with Gasteiger partial charge in [0.2, 0.25) is 23.6 Å². The van der Waals surface area contributed by atoms with Crippen LogP contribution in [0.1, 0.15) is 11.1 Å². The van der Waals surface area contributed by atoms with Crippen molar-refractivity contribution in [3.05, 3.63) is 87.7 Å². The normalized spacial score (nSPS) is 13.2. The lowest BCUT2D eigenvalue weighted by atomic mass is 10.1. The quantitative estimate of drug-likeness (QED) is 0.0865. The van der Waals surface area contributed by atoms with E-state index in [2.05, 4.69) is 30.8 Å². The van der Waals surface area contributed by atoms with Crippen molar-refractivity contribution in [1.29, 1.82) is 0 Å². The highest BCUT2D eigenvalue weighted by Gasteiger charge is 2.33. The standard InChI is InChI=1S/C28H24F4N8O5.ClH/c1-43-24-14-17(2-8-23(24)45-22-9-3-18(28(30,31)32)15-21(22)40(41)42)16-33-38-26-35-25(34-20-6-4-19(29)5-7-20)36-27(37-26)39-10-12-44-13-11-39;/h2-9,14-16H,10-13H2,1H3,(H2,34,35,36,37,38);1H. The Morgan fingerprint density at radius 1 is 0.978 bits per heavy atom. The molecule has 3 aromatic carbocycles. The third-order valence-electron chi connectivity index (χ3n) is 6.29. The van der Waals surface area contributed by atoms with Gasteiger partial charge in [-0.3, -0.25) is 10.1 Å². The third-order valence-corrected chi connectivity index (χ3v) is 6.29. The summed E-state index contributed by atoms with van der Waals surface area (Å²) in [6.07, 6.45) is -3.35. The average molecular weight is 665 g/mol. The Kier molecular flexibility index (Phi) is 10.7. The first-order valence-electron chi connectivity index (χ1n) is 13.2. The first-order valence-corrected chi connectivity index (χ1v) is 13.2. The number of alkyl halides is 3. The second kappa shape index (κ2) is 14.7. The van der Waals surface area contributed by atoms with E-state index in [0.717, 1.165) is 6.07 Å². The van der Waals surface area contributed by atoms with E-state index in [0.29, 0.717) is 55.6 Å². The first kappa shape index (κ1) is 33.6. The molecule has 1 saturated heterocycles. The maximum Gasteiger partial charge on any atom is 0.416 e. The molecule has 0 saturated carbocycles. The molecule has 0 aliphatic carbocycles. The number of ether oxygens (including phenoxy) is 3. The fourth-order valence-electron chi connectivity index (χ4n) is 4.09. The molecule has 1 aromatic heterocycles. The van der Waals surface area contributed by atoms with Gasteiger partial charge in [-0.1, -0.05) is 0 Å². The highest BCUT2D eigenvalue weighted by molar-refractivity contribution is 5.85. The molecule has 1 aliphatic rings. The van der Waals surface area contributed by atoms with Crippen molar-refractivity contribution in [2.75, 3.05) is 49.1 Å². The molecule has 2 N–H and O–H groups in total. The van der Waals surface area contributed by atoms with Gasteiger partial charge in [0.1, 0.15) is 5.82 Å². The Labute approximate surface area is 264 Å². The highest BCUT2D eigenvalue weighted by atomic mass is 35.5. The number of nitrogens with one attached hydrogen (secondary N) is 2. The number of hydrazone groups is 1. The van der Waals surface area contributed by atoms with Gasteiger partial charge in [0.25, 0.3) is 0 Å². The molecule has 13 nitrogen and oxygen atoms in total. The van der Waals surface area contributed by atoms with Crippen molar-refractivity contribution < 1.29 is 36.7 Å². The van der Waals surface area contributed by atoms with E-state index in [-0.39, 0.29) is 41.6 Å². The van der Waals surface area contributed by atoms with Crippen LogP contribution in [0.15, 0.2) is 65.8 Å². The number of rotatable bonds is 10. The second-order valence-electron chi connectivity index (χ2n) is 9.33. The van der Waals surface area contributed by atoms with Gasteiger partial charge in [0, 0.05) is 24.8 Å². The SMILES string of the molecule is COc1cc(C=NNc2nc(Nc3ccc(F)cc3)nc(N3CCOCC3)n2)ccc1Oc1ccc(C(F)(F)F)cc1[N+](=O)[O-].Cl. The van der Waals surface area contributed by atoms with Crippen LogP contribution in [0.3, 0.4) is 0 Å². The number of nitrogens with zero attached hydrogens (tertiary/aromatic N) is 6. The second-order valence-corrected chi connectivity index (χ2v) is 9.33. The van der Waals surface area contributed by atoms with Gasteiger partial charge >= 0.3 is 11.9 Å². The van der Waals surface area contributed by atoms with Crippen molar-refractivity contribution >= 4 is 47.8 Å². The van der Waals surface area contributed by atoms with Gasteiger partial charge in [-0.2, -0.15) is 33.2 Å². The van der Waals surface area contributed by atoms with E-state index in [9.17, 15) is 27.7 Å². The van der Waals surface area contributed by atoms with Crippen LogP contribution in [0, 0.1) is 15.9 Å². The van der Waals surface area contributed by atoms with Crippen molar-refractivity contribution in [3.8, 4) is 17.2 Å². The summed E-state index contributed by atoms with van der Waals surface area (Å²) in [4.78, 5) is 25.6. The molecule has 0 spiro atoms. The van der Waals surface area contributed by atoms with Gasteiger partial charge in [0.15, 0.2) is 11.5 Å². The van der Waals surface area contributed by atoms with Crippen LogP contribution in [0.25, 0.3) is 0 Å². The molecule has 4 aromatic rings. The summed E-state index contributed by atoms with van der Waals surface area (Å²) in [5.74, 6) is 0.0361. The van der Waals surface area contributed by atoms with Gasteiger partial charge < -0.3 is 24.4 Å². The molecule has 0 atom stereocenters. The van der Waals surface area contributed by atoms with E-state index >= 15 is 0 Å². The van der Waals surface area contributed by atoms with Gasteiger partial charge in [-0.05, 0) is 60.2 Å². The number of anilines is 4. The van der Waals surface area contributed by atoms with Crippen molar-refractivity contribution in [2.24, 2.45) is 5.10 Å². The molecule has 242 valence electrons. The summed E-state index contributed by atoms with van der Waals surface area (Å²) < 4.78 is 68.8. The lowest BCUT2D eigenvalue weighted by Crippen LogP contribution is -2.37. The fraction of sp³-hybridized carbons (Fsp3) is 0.214. The monoisotopic (exact) mass is 664 g/mol. The van der Waals surface area contributed by atoms with Gasteiger partial charge in [0.05, 0.1) is 37.0 Å². The largest absolute Gasteiger partial charge is 0.493 e. The average Bonchev–Trinajstić information content (AvgIpc) is 3.02. The zero-order valence-electron chi connectivity index (χ0n) is 23.8. The van der Waals surface area contributed by atoms with Crippen LogP contribution >= 0.6 is 12.4 Å². The number of halogens is 5. The molecular formula is C28H25ClF4N8O5. The summed E-state index contributed by atoms with van der Waals surface area (Å²) in [6, 6.07) is 12.1. The van der Waals surface area contributed by atoms with Crippen LogP contribution in [-0.2, 0) is 10.9 Å². The first-order chi connectivity index (χ1) is 21.6. The Hall–Kier alpha value is -5.29. The predicted octanol–water partition coefficient (Wildman–Crippen LogP) is 6.19. The smallest absolute Gasteiger partial charge is 0.416 e. The Bertz CT molecular complexity index is 1710. The number of benzene rings is 3. The molecule has 2 heterocycles. The summed E-state index contributed by atoms with van der Waals surface area (Å²) in [7, 11) is 1.33. The zero-order chi connectivity index (χ0) is 32.0. The summed E-state index contributed by atoms with van der Waals surface area (Å²) in [6.45, 7) is 2.13. The number of aromatic nitrogens is 3. The molecule has 0 bridgehead atoms. The lowest BCUT2D eigenvalue weighted by Gasteiger charge is -2.27. The van der Waals surface area contributed by atoms with E-state index in [1.807, 2.05) is 4.90 Å². The van der Waals surface area contributed by atoms with E-state index in [1.54, 1.807) is 6.07 Å². The van der Waals surface area contributed by atoms with Gasteiger partial charge in [-0.25, -0.2) is 9.82 Å². The molecule has 46 heavy (non-hydrogen) atoms. The molecule has 1 aliphatic heterocycles. The summed E-state index contributed by atoms with van der Waals surface area (Å²) in [5.41, 5.74) is 1.77. The molecule has 5 rings (SSSR count). The minimum Gasteiger partial charge on any atom is -0.493 e. The van der Waals surface area contributed by atoms with Crippen molar-refractivity contribution in [1.82, 2.24) is 15.0 Å². The van der Waals surface area contributed by atoms with Crippen molar-refractivity contribution in [2.45, 2.75) is 6.18 Å². The van der Waals surface area contributed by atoms with Crippen LogP contribution in [0.2, 0.25) is 0 Å². The number of methoxy groups -OCH3 is 1. The number of morpholine rings is 1. The van der Waals surface area contributed by atoms with E-state index in [4.69, 9.17) is 14.2 Å². The van der Waals surface area contributed by atoms with E-state index < -0.39 is 28.1 Å². The molecule has 0 unspecified atom stereocenters. The minimum atomic E-state index is -4.76. The summed E-state index contributed by atoms with van der Waals surface area (Å²) in [5, 5.41) is 18.6. The molecule has 1 fully saturated rings. The topological polar surface area (TPSA) is 149 Å². The predicted molar refractivity (Wildman–Crippen MR) is 162 cm³/mol. The van der Waals surface area contributed by atoms with E-state index in [1.165, 1.54) is 49.7 Å². The Morgan fingerprint density at radius 2 is 1.67 bits per heavy atom. The molecular weight excluding hydrogens is 640 g/mol. The number of nitro benzene ring substituents is 1. The number of hydrogen-bond donors (Lipinski definition) is 2. The summed E-state index contributed by atoms with van der Waals surface area (Å²) >= 11 is 0. The third kappa shape index (κ3) is 8.45. The maximum atomic E-state index is 13.4. The van der Waals surface area contributed by atoms with Crippen LogP contribution in [0.5, 0.6) is 17.2 Å². The van der Waals surface area contributed by atoms with Crippen LogP contribution in [0.4, 0.5) is 46.8 Å².